The summed E-state index contributed by atoms with van der Waals surface area (Å²) in [6, 6.07) is 5.58. The molecule has 1 aromatic rings. The highest BCUT2D eigenvalue weighted by Crippen LogP contribution is 2.19. The summed E-state index contributed by atoms with van der Waals surface area (Å²) in [5, 5.41) is 3.26. The van der Waals surface area contributed by atoms with E-state index in [2.05, 4.69) is 10.0 Å². The smallest absolute Gasteiger partial charge is 0.294 e. The second-order valence-corrected chi connectivity index (χ2v) is 3.61. The molecule has 19 heavy (non-hydrogen) atoms. The zero-order valence-corrected chi connectivity index (χ0v) is 9.52. The van der Waals surface area contributed by atoms with Crippen LogP contribution in [0.1, 0.15) is 22.3 Å². The number of rotatable bonds is 5. The lowest BCUT2D eigenvalue weighted by atomic mass is 10.0. The maximum atomic E-state index is 12.0. The van der Waals surface area contributed by atoms with Crippen LogP contribution in [0.25, 0.3) is 10.4 Å². The second kappa shape index (κ2) is 6.01. The fraction of sp³-hybridized carbons (Fsp3) is 0.273. The molecule has 8 heteroatoms. The Morgan fingerprint density at radius 3 is 2.58 bits per heavy atom. The molecule has 1 rings (SSSR count). The van der Waals surface area contributed by atoms with Crippen molar-refractivity contribution < 1.29 is 22.8 Å². The molecule has 0 bridgehead atoms. The Bertz CT molecular complexity index is 548. The third-order valence-electron chi connectivity index (χ3n) is 2.20. The molecule has 0 spiro atoms. The lowest BCUT2D eigenvalue weighted by molar-refractivity contribution is -0.170. The Morgan fingerprint density at radius 2 is 2.00 bits per heavy atom. The molecule has 0 radical (unpaired) electrons. The molecule has 0 fully saturated rings. The van der Waals surface area contributed by atoms with Crippen molar-refractivity contribution in [2.45, 2.75) is 19.1 Å². The first kappa shape index (κ1) is 14.7. The number of ketones is 2. The quantitative estimate of drug-likeness (QED) is 0.271. The van der Waals surface area contributed by atoms with Gasteiger partial charge >= 0.3 is 6.18 Å². The van der Waals surface area contributed by atoms with Gasteiger partial charge in [0.1, 0.15) is 0 Å². The van der Waals surface area contributed by atoms with Gasteiger partial charge in [0.2, 0.25) is 5.78 Å². The van der Waals surface area contributed by atoms with Crippen LogP contribution in [0.2, 0.25) is 0 Å². The number of hydrogen-bond donors (Lipinski definition) is 0. The average Bonchev–Trinajstić information content (AvgIpc) is 2.35. The Labute approximate surface area is 105 Å². The van der Waals surface area contributed by atoms with Crippen LogP contribution in [0.3, 0.4) is 0 Å². The number of halogens is 3. The van der Waals surface area contributed by atoms with E-state index in [-0.39, 0.29) is 12.1 Å². The highest BCUT2D eigenvalue weighted by Gasteiger charge is 2.39. The van der Waals surface area contributed by atoms with E-state index in [1.54, 1.807) is 6.07 Å². The first-order valence-electron chi connectivity index (χ1n) is 5.07. The van der Waals surface area contributed by atoms with E-state index >= 15 is 0 Å². The molecule has 0 aliphatic carbocycles. The lowest BCUT2D eigenvalue weighted by Crippen LogP contribution is -2.25. The number of alkyl halides is 3. The highest BCUT2D eigenvalue weighted by atomic mass is 19.4. The van der Waals surface area contributed by atoms with Gasteiger partial charge in [-0.3, -0.25) is 9.59 Å². The van der Waals surface area contributed by atoms with E-state index in [0.717, 1.165) is 0 Å². The molecule has 0 aliphatic heterocycles. The zero-order valence-electron chi connectivity index (χ0n) is 9.52. The number of carbonyl (C=O) groups excluding carboxylic acids is 2. The number of carbonyl (C=O) groups is 2. The van der Waals surface area contributed by atoms with Crippen molar-refractivity contribution in [2.24, 2.45) is 5.11 Å². The van der Waals surface area contributed by atoms with E-state index in [1.807, 2.05) is 0 Å². The normalized spacial score (nSPS) is 10.7. The third-order valence-corrected chi connectivity index (χ3v) is 2.20. The maximum Gasteiger partial charge on any atom is 0.450 e. The Kier molecular flexibility index (Phi) is 4.66. The molecule has 0 aliphatic rings. The molecule has 1 aromatic carbocycles. The fourth-order valence-electron chi connectivity index (χ4n) is 1.30. The van der Waals surface area contributed by atoms with E-state index in [9.17, 15) is 22.8 Å². The third kappa shape index (κ3) is 4.44. The van der Waals surface area contributed by atoms with E-state index in [1.165, 1.54) is 18.2 Å². The summed E-state index contributed by atoms with van der Waals surface area (Å²) >= 11 is 0. The van der Waals surface area contributed by atoms with Gasteiger partial charge in [-0.1, -0.05) is 23.3 Å². The number of Topliss-reactive ketones (excluding diaryl/α,β-unsaturated/α-hetero) is 2. The van der Waals surface area contributed by atoms with Crippen LogP contribution in [0, 0.1) is 0 Å². The predicted octanol–water partition coefficient (Wildman–Crippen LogP) is 3.20. The van der Waals surface area contributed by atoms with Gasteiger partial charge in [-0.2, -0.15) is 13.2 Å². The highest BCUT2D eigenvalue weighted by molar-refractivity contribution is 6.09. The van der Waals surface area contributed by atoms with Crippen LogP contribution < -0.4 is 0 Å². The van der Waals surface area contributed by atoms with Crippen molar-refractivity contribution in [1.82, 2.24) is 0 Å². The number of benzene rings is 1. The summed E-state index contributed by atoms with van der Waals surface area (Å²) in [4.78, 5) is 24.7. The van der Waals surface area contributed by atoms with E-state index in [4.69, 9.17) is 5.53 Å². The molecule has 0 amide bonds. The van der Waals surface area contributed by atoms with Crippen molar-refractivity contribution in [1.29, 1.82) is 0 Å². The topological polar surface area (TPSA) is 82.9 Å². The SMILES string of the molecule is [N-]=[N+]=NCc1cccc(C(=O)CC(=O)C(F)(F)F)c1. The molecule has 0 heterocycles. The Hall–Kier alpha value is -2.34. The molecule has 0 N–H and O–H groups in total. The second-order valence-electron chi connectivity index (χ2n) is 3.61. The van der Waals surface area contributed by atoms with Crippen LogP contribution >= 0.6 is 0 Å². The summed E-state index contributed by atoms with van der Waals surface area (Å²) < 4.78 is 36.0. The van der Waals surface area contributed by atoms with Crippen molar-refractivity contribution in [3.63, 3.8) is 0 Å². The molecular weight excluding hydrogens is 263 g/mol. The summed E-state index contributed by atoms with van der Waals surface area (Å²) in [7, 11) is 0. The fourth-order valence-corrected chi connectivity index (χ4v) is 1.30. The number of hydrogen-bond acceptors (Lipinski definition) is 3. The average molecular weight is 271 g/mol. The van der Waals surface area contributed by atoms with Gasteiger partial charge in [-0.05, 0) is 17.2 Å². The van der Waals surface area contributed by atoms with Crippen LogP contribution in [-0.4, -0.2) is 17.7 Å². The molecule has 0 saturated carbocycles. The largest absolute Gasteiger partial charge is 0.450 e. The first-order valence-corrected chi connectivity index (χ1v) is 5.07. The summed E-state index contributed by atoms with van der Waals surface area (Å²) in [6.45, 7) is -0.0230. The Morgan fingerprint density at radius 1 is 1.32 bits per heavy atom. The lowest BCUT2D eigenvalue weighted by Gasteiger charge is -2.05. The standard InChI is InChI=1S/C11H8F3N3O2/c12-11(13,14)10(19)5-9(18)8-3-1-2-7(4-8)6-16-17-15/h1-4H,5-6H2. The minimum absolute atomic E-state index is 0.0230. The van der Waals surface area contributed by atoms with Gasteiger partial charge in [0.25, 0.3) is 0 Å². The molecule has 100 valence electrons. The van der Waals surface area contributed by atoms with E-state index in [0.29, 0.717) is 5.56 Å². The van der Waals surface area contributed by atoms with Gasteiger partial charge in [0.05, 0.1) is 13.0 Å². The molecule has 0 unspecified atom stereocenters. The minimum Gasteiger partial charge on any atom is -0.294 e. The zero-order chi connectivity index (χ0) is 14.5. The summed E-state index contributed by atoms with van der Waals surface area (Å²) in [6.07, 6.45) is -6.24. The number of azide groups is 1. The minimum atomic E-state index is -5.02. The van der Waals surface area contributed by atoms with Gasteiger partial charge in [0, 0.05) is 10.5 Å². The van der Waals surface area contributed by atoms with Crippen LogP contribution in [0.5, 0.6) is 0 Å². The van der Waals surface area contributed by atoms with Gasteiger partial charge in [0.15, 0.2) is 5.78 Å². The molecule has 0 atom stereocenters. The van der Waals surface area contributed by atoms with Gasteiger partial charge < -0.3 is 0 Å². The molecule has 0 aromatic heterocycles. The van der Waals surface area contributed by atoms with Crippen LogP contribution in [0.15, 0.2) is 29.4 Å². The first-order chi connectivity index (χ1) is 8.84. The molecule has 0 saturated heterocycles. The molecule has 5 nitrogen and oxygen atoms in total. The van der Waals surface area contributed by atoms with Gasteiger partial charge in [-0.25, -0.2) is 0 Å². The maximum absolute atomic E-state index is 12.0. The van der Waals surface area contributed by atoms with Crippen LogP contribution in [0.4, 0.5) is 13.2 Å². The van der Waals surface area contributed by atoms with Crippen molar-refractivity contribution in [3.8, 4) is 0 Å². The number of nitrogens with zero attached hydrogens (tertiary/aromatic N) is 3. The van der Waals surface area contributed by atoms with Crippen molar-refractivity contribution in [3.05, 3.63) is 45.8 Å². The van der Waals surface area contributed by atoms with Gasteiger partial charge in [-0.15, -0.1) is 0 Å². The predicted molar refractivity (Wildman–Crippen MR) is 59.3 cm³/mol. The summed E-state index contributed by atoms with van der Waals surface area (Å²) in [5.74, 6) is -3.01. The Balaban J connectivity index is 2.83. The molecular formula is C11H8F3N3O2. The van der Waals surface area contributed by atoms with Crippen LogP contribution in [-0.2, 0) is 11.3 Å². The monoisotopic (exact) mass is 271 g/mol. The van der Waals surface area contributed by atoms with Crippen molar-refractivity contribution >= 4 is 11.6 Å². The van der Waals surface area contributed by atoms with E-state index < -0.39 is 24.2 Å². The summed E-state index contributed by atoms with van der Waals surface area (Å²) in [5.41, 5.74) is 8.59. The van der Waals surface area contributed by atoms with Crippen molar-refractivity contribution in [2.75, 3.05) is 0 Å².